The second kappa shape index (κ2) is 19.2. The Labute approximate surface area is 388 Å². The van der Waals surface area contributed by atoms with Gasteiger partial charge in [-0.3, -0.25) is 0 Å². The maximum atomic E-state index is 12.7. The van der Waals surface area contributed by atoms with Gasteiger partial charge in [-0.1, -0.05) is 46.3 Å². The van der Waals surface area contributed by atoms with Crippen molar-refractivity contribution < 1.29 is 89.7 Å². The van der Waals surface area contributed by atoms with E-state index in [0.29, 0.717) is 51.4 Å². The van der Waals surface area contributed by atoms with E-state index in [1.807, 2.05) is 34.6 Å². The van der Waals surface area contributed by atoms with Crippen molar-refractivity contribution in [2.75, 3.05) is 13.2 Å². The Hall–Kier alpha value is -0.980. The molecule has 3 saturated heterocycles. The third kappa shape index (κ3) is 8.69. The molecular weight excluding hydrogens is 865 g/mol. The smallest absolute Gasteiger partial charge is 0.187 e. The van der Waals surface area contributed by atoms with Crippen LogP contribution in [0.4, 0.5) is 0 Å². The van der Waals surface area contributed by atoms with E-state index in [1.165, 1.54) is 6.92 Å². The summed E-state index contributed by atoms with van der Waals surface area (Å²) in [5.41, 5.74) is -2.43. The highest BCUT2D eigenvalue weighted by atomic mass is 16.8. The summed E-state index contributed by atoms with van der Waals surface area (Å²) in [7, 11) is 0. The molecule has 7 aliphatic rings. The van der Waals surface area contributed by atoms with Crippen LogP contribution < -0.4 is 0 Å². The van der Waals surface area contributed by atoms with Gasteiger partial charge in [-0.15, -0.1) is 0 Å². The molecular formula is C48H82O18. The highest BCUT2D eigenvalue weighted by molar-refractivity contribution is 5.22. The molecule has 382 valence electrons. The molecule has 18 heteroatoms. The van der Waals surface area contributed by atoms with E-state index >= 15 is 0 Å². The lowest BCUT2D eigenvalue weighted by Crippen LogP contribution is -2.71. The normalized spacial score (nSPS) is 53.5. The Bertz CT molecular complexity index is 1700. The fourth-order valence-electron chi connectivity index (χ4n) is 14.9. The van der Waals surface area contributed by atoms with Gasteiger partial charge in [0, 0.05) is 0 Å². The summed E-state index contributed by atoms with van der Waals surface area (Å²) in [5, 5.41) is 132. The Balaban J connectivity index is 1.27. The van der Waals surface area contributed by atoms with Crippen LogP contribution in [0, 0.1) is 45.3 Å². The van der Waals surface area contributed by atoms with Crippen molar-refractivity contribution in [2.45, 2.75) is 230 Å². The SMILES string of the molecule is CC(C)=CCC[C@](C)(O[C@@H]1O[C@H](CO)[C@@H](O)[C@@H](O)[C@H]1O)[C@H]1CC[C@]2(C)[C@H]1[C@H](O)C[C@@H]1[C@@]3(C)CC[C@H](O)C(C)(C)[C@@H]3[C@@H](O[C@@H]3O[C@H](CO)[C@@H](O)[C@H](O)[C@H]3O[C@@H]3O[C@@H](C)[C@H](O)[C@@H](O)[C@H]3O)C[C@]12C. The van der Waals surface area contributed by atoms with Crippen molar-refractivity contribution in [1.82, 2.24) is 0 Å². The fraction of sp³-hybridized carbons (Fsp3) is 0.958. The molecule has 4 saturated carbocycles. The van der Waals surface area contributed by atoms with Crippen LogP contribution >= 0.6 is 0 Å². The standard InChI is InChI=1S/C48H82O18/c1-21(2)11-10-14-48(9,66-42-38(60)35(57)32(54)26(19-49)63-42)23-12-16-46(7)30(23)24(51)17-28-45(6)15-13-29(52)44(4,5)40(45)25(18-47(28,46)8)62-43-39(36(58)33(55)27(20-50)64-43)65-41-37(59)34(56)31(53)22(3)61-41/h11,22-43,49-60H,10,12-20H2,1-9H3/t22-,23-,24+,25-,26+,27+,28+,29-,30+,31-,32+,33+,34+,35+,36-,37+,38+,39+,40-,41-,42-,43+,45+,46+,47+,48-/m0/s1. The first kappa shape index (κ1) is 52.8. The highest BCUT2D eigenvalue weighted by Gasteiger charge is 2.74. The monoisotopic (exact) mass is 947 g/mol. The highest BCUT2D eigenvalue weighted by Crippen LogP contribution is 2.76. The first-order valence-electron chi connectivity index (χ1n) is 24.3. The van der Waals surface area contributed by atoms with Gasteiger partial charge < -0.3 is 89.7 Å². The second-order valence-electron chi connectivity index (χ2n) is 23.0. The van der Waals surface area contributed by atoms with Gasteiger partial charge in [0.2, 0.25) is 0 Å². The predicted octanol–water partition coefficient (Wildman–Crippen LogP) is -0.0284. The molecule has 66 heavy (non-hydrogen) atoms. The third-order valence-electron chi connectivity index (χ3n) is 18.7. The number of hydrogen-bond donors (Lipinski definition) is 12. The molecule has 4 aliphatic carbocycles. The predicted molar refractivity (Wildman–Crippen MR) is 234 cm³/mol. The summed E-state index contributed by atoms with van der Waals surface area (Å²) in [6.45, 7) is 16.8. The Morgan fingerprint density at radius 3 is 1.89 bits per heavy atom. The number of fused-ring (bicyclic) bond motifs is 5. The molecule has 0 unspecified atom stereocenters. The van der Waals surface area contributed by atoms with E-state index in [4.69, 9.17) is 28.4 Å². The zero-order valence-electron chi connectivity index (χ0n) is 40.2. The van der Waals surface area contributed by atoms with Gasteiger partial charge >= 0.3 is 0 Å². The lowest BCUT2D eigenvalue weighted by Gasteiger charge is -2.72. The van der Waals surface area contributed by atoms with Crippen LogP contribution in [0.15, 0.2) is 11.6 Å². The van der Waals surface area contributed by atoms with E-state index in [1.54, 1.807) is 0 Å². The van der Waals surface area contributed by atoms with Gasteiger partial charge in [0.1, 0.15) is 67.1 Å². The van der Waals surface area contributed by atoms with Gasteiger partial charge in [-0.2, -0.15) is 0 Å². The largest absolute Gasteiger partial charge is 0.394 e. The molecule has 3 aliphatic heterocycles. The fourth-order valence-corrected chi connectivity index (χ4v) is 14.9. The number of aliphatic hydroxyl groups excluding tert-OH is 12. The Kier molecular flexibility index (Phi) is 15.4. The zero-order valence-corrected chi connectivity index (χ0v) is 40.2. The van der Waals surface area contributed by atoms with Gasteiger partial charge in [0.25, 0.3) is 0 Å². The molecule has 0 amide bonds. The molecule has 18 nitrogen and oxygen atoms in total. The Morgan fingerprint density at radius 2 is 1.27 bits per heavy atom. The minimum absolute atomic E-state index is 0.0861. The average molecular weight is 947 g/mol. The molecule has 7 rings (SSSR count). The number of ether oxygens (including phenoxy) is 6. The molecule has 0 aromatic heterocycles. The van der Waals surface area contributed by atoms with Gasteiger partial charge in [0.05, 0.1) is 43.2 Å². The zero-order chi connectivity index (χ0) is 48.8. The summed E-state index contributed by atoms with van der Waals surface area (Å²) >= 11 is 0. The van der Waals surface area contributed by atoms with Crippen molar-refractivity contribution in [3.05, 3.63) is 11.6 Å². The van der Waals surface area contributed by atoms with Crippen LogP contribution in [0.1, 0.15) is 114 Å². The van der Waals surface area contributed by atoms with Crippen LogP contribution in [0.3, 0.4) is 0 Å². The lowest BCUT2D eigenvalue weighted by molar-refractivity contribution is -0.382. The van der Waals surface area contributed by atoms with E-state index in [9.17, 15) is 61.3 Å². The molecule has 0 radical (unpaired) electrons. The maximum Gasteiger partial charge on any atom is 0.187 e. The maximum absolute atomic E-state index is 12.7. The van der Waals surface area contributed by atoms with E-state index in [2.05, 4.69) is 26.8 Å². The van der Waals surface area contributed by atoms with Crippen molar-refractivity contribution in [3.8, 4) is 0 Å². The molecule has 26 atom stereocenters. The van der Waals surface area contributed by atoms with Crippen molar-refractivity contribution >= 4 is 0 Å². The van der Waals surface area contributed by atoms with Crippen LogP contribution in [0.2, 0.25) is 0 Å². The van der Waals surface area contributed by atoms with E-state index in [0.717, 1.165) is 5.57 Å². The average Bonchev–Trinajstić information content (AvgIpc) is 3.64. The lowest BCUT2D eigenvalue weighted by atomic mass is 9.34. The van der Waals surface area contributed by atoms with Gasteiger partial charge in [0.15, 0.2) is 18.9 Å². The summed E-state index contributed by atoms with van der Waals surface area (Å²) < 4.78 is 38.1. The van der Waals surface area contributed by atoms with E-state index < -0.39 is 151 Å². The van der Waals surface area contributed by atoms with Crippen LogP contribution in [-0.2, 0) is 28.4 Å². The first-order valence-corrected chi connectivity index (χ1v) is 24.3. The van der Waals surface area contributed by atoms with Gasteiger partial charge in [-0.25, -0.2) is 0 Å². The molecule has 0 aromatic carbocycles. The van der Waals surface area contributed by atoms with Crippen LogP contribution in [-0.4, -0.2) is 191 Å². The molecule has 12 N–H and O–H groups in total. The minimum Gasteiger partial charge on any atom is -0.394 e. The third-order valence-corrected chi connectivity index (χ3v) is 18.7. The quantitative estimate of drug-likeness (QED) is 0.0904. The number of hydrogen-bond acceptors (Lipinski definition) is 18. The number of aliphatic hydroxyl groups is 12. The Morgan fingerprint density at radius 1 is 0.682 bits per heavy atom. The molecule has 0 aromatic rings. The summed E-state index contributed by atoms with van der Waals surface area (Å²) in [5.74, 6) is -1.12. The van der Waals surface area contributed by atoms with Gasteiger partial charge in [-0.05, 0) is 124 Å². The summed E-state index contributed by atoms with van der Waals surface area (Å²) in [6.07, 6.45) is -18.3. The summed E-state index contributed by atoms with van der Waals surface area (Å²) in [6, 6.07) is 0. The molecule has 0 spiro atoms. The number of allylic oxidation sites excluding steroid dienone is 2. The second-order valence-corrected chi connectivity index (χ2v) is 23.0. The van der Waals surface area contributed by atoms with E-state index in [-0.39, 0.29) is 23.7 Å². The first-order chi connectivity index (χ1) is 30.7. The minimum atomic E-state index is -1.75. The van der Waals surface area contributed by atoms with Crippen molar-refractivity contribution in [2.24, 2.45) is 45.3 Å². The molecule has 3 heterocycles. The topological polar surface area (TPSA) is 298 Å². The molecule has 7 fully saturated rings. The van der Waals surface area contributed by atoms with Crippen LogP contribution in [0.25, 0.3) is 0 Å². The van der Waals surface area contributed by atoms with Crippen molar-refractivity contribution in [3.63, 3.8) is 0 Å². The van der Waals surface area contributed by atoms with Crippen LogP contribution in [0.5, 0.6) is 0 Å². The number of rotatable bonds is 12. The molecule has 0 bridgehead atoms. The van der Waals surface area contributed by atoms with Crippen molar-refractivity contribution in [1.29, 1.82) is 0 Å². The summed E-state index contributed by atoms with van der Waals surface area (Å²) in [4.78, 5) is 0.